The van der Waals surface area contributed by atoms with Crippen molar-refractivity contribution in [2.45, 2.75) is 12.2 Å². The molecule has 2 aromatic carbocycles. The number of halogens is 1. The number of fused-ring (bicyclic) bond motifs is 1. The van der Waals surface area contributed by atoms with Crippen molar-refractivity contribution in [3.63, 3.8) is 0 Å². The van der Waals surface area contributed by atoms with Crippen molar-refractivity contribution in [1.29, 1.82) is 0 Å². The van der Waals surface area contributed by atoms with Crippen LogP contribution >= 0.6 is 11.8 Å². The third-order valence-corrected chi connectivity index (χ3v) is 4.83. The summed E-state index contributed by atoms with van der Waals surface area (Å²) in [5.74, 6) is -0.329. The highest BCUT2D eigenvalue weighted by atomic mass is 32.2. The van der Waals surface area contributed by atoms with Crippen LogP contribution in [0.4, 0.5) is 4.39 Å². The third-order valence-electron chi connectivity index (χ3n) is 3.68. The lowest BCUT2D eigenvalue weighted by Crippen LogP contribution is -2.42. The van der Waals surface area contributed by atoms with Gasteiger partial charge in [-0.2, -0.15) is 0 Å². The Hall–Kier alpha value is -2.87. The van der Waals surface area contributed by atoms with E-state index >= 15 is 0 Å². The minimum atomic E-state index is -0.506. The van der Waals surface area contributed by atoms with E-state index in [1.807, 2.05) is 31.2 Å². The summed E-state index contributed by atoms with van der Waals surface area (Å²) in [5.41, 5.74) is 6.74. The molecule has 26 heavy (non-hydrogen) atoms. The fraction of sp³-hybridized carbons (Fsp3) is 0.167. The Bertz CT molecular complexity index is 893. The van der Waals surface area contributed by atoms with Gasteiger partial charge in [-0.15, -0.1) is 11.8 Å². The first-order valence-electron chi connectivity index (χ1n) is 7.94. The molecule has 0 aliphatic heterocycles. The van der Waals surface area contributed by atoms with Crippen LogP contribution in [0, 0.1) is 5.82 Å². The van der Waals surface area contributed by atoms with Gasteiger partial charge in [0.2, 0.25) is 5.91 Å². The number of thioether (sulfide) groups is 1. The minimum Gasteiger partial charge on any atom is -0.341 e. The Balaban J connectivity index is 1.47. The molecule has 0 saturated heterocycles. The second-order valence-corrected chi connectivity index (χ2v) is 6.93. The molecule has 0 spiro atoms. The predicted molar refractivity (Wildman–Crippen MR) is 99.0 cm³/mol. The van der Waals surface area contributed by atoms with E-state index in [1.54, 1.807) is 0 Å². The van der Waals surface area contributed by atoms with Crippen LogP contribution in [-0.2, 0) is 4.79 Å². The fourth-order valence-electron chi connectivity index (χ4n) is 2.28. The van der Waals surface area contributed by atoms with Crippen LogP contribution in [0.2, 0.25) is 0 Å². The average Bonchev–Trinajstić information content (AvgIpc) is 3.09. The highest BCUT2D eigenvalue weighted by molar-refractivity contribution is 8.00. The third kappa shape index (κ3) is 4.40. The van der Waals surface area contributed by atoms with Gasteiger partial charge in [-0.1, -0.05) is 12.1 Å². The SMILES string of the molecule is C[C@H](SCC(=O)NNC(=O)c1ccc(F)cc1)c1nc2ccccc2[nH]1. The monoisotopic (exact) mass is 372 g/mol. The van der Waals surface area contributed by atoms with Crippen molar-refractivity contribution >= 4 is 34.6 Å². The van der Waals surface area contributed by atoms with E-state index in [2.05, 4.69) is 20.8 Å². The van der Waals surface area contributed by atoms with Crippen LogP contribution < -0.4 is 10.9 Å². The Morgan fingerprint density at radius 2 is 1.88 bits per heavy atom. The zero-order chi connectivity index (χ0) is 18.5. The lowest BCUT2D eigenvalue weighted by molar-refractivity contribution is -0.119. The summed E-state index contributed by atoms with van der Waals surface area (Å²) in [7, 11) is 0. The summed E-state index contributed by atoms with van der Waals surface area (Å²) in [6.45, 7) is 1.95. The maximum absolute atomic E-state index is 12.8. The van der Waals surface area contributed by atoms with E-state index < -0.39 is 11.7 Å². The summed E-state index contributed by atoms with van der Waals surface area (Å²) in [6.07, 6.45) is 0. The number of H-pyrrole nitrogens is 1. The number of amides is 2. The smallest absolute Gasteiger partial charge is 0.269 e. The normalized spacial score (nSPS) is 11.9. The Labute approximate surface area is 153 Å². The molecule has 0 aliphatic rings. The molecule has 6 nitrogen and oxygen atoms in total. The average molecular weight is 372 g/mol. The lowest BCUT2D eigenvalue weighted by atomic mass is 10.2. The highest BCUT2D eigenvalue weighted by Gasteiger charge is 2.14. The molecule has 0 unspecified atom stereocenters. The number of rotatable bonds is 5. The van der Waals surface area contributed by atoms with Gasteiger partial charge in [0.1, 0.15) is 11.6 Å². The molecule has 1 aromatic heterocycles. The number of hydrogen-bond acceptors (Lipinski definition) is 4. The molecule has 0 saturated carbocycles. The number of benzene rings is 2. The summed E-state index contributed by atoms with van der Waals surface area (Å²) in [5, 5.41) is -0.0130. The number of hydrogen-bond donors (Lipinski definition) is 3. The standard InChI is InChI=1S/C18H17FN4O2S/c1-11(17-20-14-4-2-3-5-15(14)21-17)26-10-16(24)22-23-18(25)12-6-8-13(19)9-7-12/h2-9,11H,10H2,1H3,(H,20,21)(H,22,24)(H,23,25)/t11-/m0/s1. The van der Waals surface area contributed by atoms with Gasteiger partial charge in [-0.05, 0) is 43.3 Å². The van der Waals surface area contributed by atoms with Gasteiger partial charge in [0.15, 0.2) is 0 Å². The zero-order valence-electron chi connectivity index (χ0n) is 14.0. The molecule has 3 N–H and O–H groups in total. The number of hydrazine groups is 1. The maximum Gasteiger partial charge on any atom is 0.269 e. The Kier molecular flexibility index (Phi) is 5.52. The molecule has 3 rings (SSSR count). The number of aromatic amines is 1. The topological polar surface area (TPSA) is 86.9 Å². The Morgan fingerprint density at radius 1 is 1.15 bits per heavy atom. The largest absolute Gasteiger partial charge is 0.341 e. The molecule has 0 bridgehead atoms. The first kappa shape index (κ1) is 17.9. The maximum atomic E-state index is 12.8. The molecule has 2 amide bonds. The van der Waals surface area contributed by atoms with Crippen molar-refractivity contribution in [2.24, 2.45) is 0 Å². The van der Waals surface area contributed by atoms with Gasteiger partial charge in [-0.25, -0.2) is 9.37 Å². The van der Waals surface area contributed by atoms with E-state index in [4.69, 9.17) is 0 Å². The summed E-state index contributed by atoms with van der Waals surface area (Å²) in [4.78, 5) is 31.5. The van der Waals surface area contributed by atoms with Crippen LogP contribution in [0.5, 0.6) is 0 Å². The number of aromatic nitrogens is 2. The molecule has 1 atom stereocenters. The lowest BCUT2D eigenvalue weighted by Gasteiger charge is -2.10. The Morgan fingerprint density at radius 3 is 2.62 bits per heavy atom. The van der Waals surface area contributed by atoms with Crippen molar-refractivity contribution in [2.75, 3.05) is 5.75 Å². The van der Waals surface area contributed by atoms with Gasteiger partial charge in [0, 0.05) is 5.56 Å². The number of nitrogens with zero attached hydrogens (tertiary/aromatic N) is 1. The predicted octanol–water partition coefficient (Wildman–Crippen LogP) is 2.96. The van der Waals surface area contributed by atoms with Gasteiger partial charge in [-0.3, -0.25) is 20.4 Å². The van der Waals surface area contributed by atoms with Crippen LogP contribution in [-0.4, -0.2) is 27.5 Å². The number of para-hydroxylation sites is 2. The van der Waals surface area contributed by atoms with E-state index in [9.17, 15) is 14.0 Å². The molecule has 134 valence electrons. The molecule has 1 heterocycles. The summed E-state index contributed by atoms with van der Waals surface area (Å²) in [6, 6.07) is 12.8. The van der Waals surface area contributed by atoms with Gasteiger partial charge in [0.05, 0.1) is 22.0 Å². The molecule has 3 aromatic rings. The molecular weight excluding hydrogens is 355 g/mol. The number of nitrogens with one attached hydrogen (secondary N) is 3. The van der Waals surface area contributed by atoms with E-state index in [0.717, 1.165) is 16.9 Å². The van der Waals surface area contributed by atoms with Crippen molar-refractivity contribution in [3.05, 3.63) is 65.7 Å². The molecule has 0 fully saturated rings. The highest BCUT2D eigenvalue weighted by Crippen LogP contribution is 2.27. The molecular formula is C18H17FN4O2S. The number of carbonyl (C=O) groups excluding carboxylic acids is 2. The first-order chi connectivity index (χ1) is 12.5. The van der Waals surface area contributed by atoms with Crippen LogP contribution in [0.1, 0.15) is 28.4 Å². The summed E-state index contributed by atoms with van der Waals surface area (Å²) >= 11 is 1.40. The van der Waals surface area contributed by atoms with Gasteiger partial charge in [0.25, 0.3) is 5.91 Å². The van der Waals surface area contributed by atoms with Crippen LogP contribution in [0.25, 0.3) is 11.0 Å². The van der Waals surface area contributed by atoms with E-state index in [0.29, 0.717) is 0 Å². The van der Waals surface area contributed by atoms with Crippen LogP contribution in [0.15, 0.2) is 48.5 Å². The molecule has 0 radical (unpaired) electrons. The van der Waals surface area contributed by atoms with Crippen molar-refractivity contribution in [3.8, 4) is 0 Å². The quantitative estimate of drug-likeness (QED) is 0.601. The fourth-order valence-corrected chi connectivity index (χ4v) is 3.02. The zero-order valence-corrected chi connectivity index (χ0v) is 14.8. The van der Waals surface area contributed by atoms with E-state index in [-0.39, 0.29) is 22.5 Å². The number of carbonyl (C=O) groups is 2. The van der Waals surface area contributed by atoms with E-state index in [1.165, 1.54) is 36.0 Å². The molecule has 0 aliphatic carbocycles. The first-order valence-corrected chi connectivity index (χ1v) is 8.99. The van der Waals surface area contributed by atoms with Crippen molar-refractivity contribution in [1.82, 2.24) is 20.8 Å². The second-order valence-electron chi connectivity index (χ2n) is 5.60. The summed E-state index contributed by atoms with van der Waals surface area (Å²) < 4.78 is 12.8. The van der Waals surface area contributed by atoms with Crippen LogP contribution in [0.3, 0.4) is 0 Å². The molecule has 8 heteroatoms. The van der Waals surface area contributed by atoms with Gasteiger partial charge >= 0.3 is 0 Å². The number of imidazole rings is 1. The minimum absolute atomic E-state index is 0.0130. The van der Waals surface area contributed by atoms with Crippen molar-refractivity contribution < 1.29 is 14.0 Å². The second kappa shape index (κ2) is 8.01. The van der Waals surface area contributed by atoms with Gasteiger partial charge < -0.3 is 4.98 Å².